The summed E-state index contributed by atoms with van der Waals surface area (Å²) in [5, 5.41) is 3.48. The molecule has 2 atom stereocenters. The molecule has 1 rings (SSSR count). The Morgan fingerprint density at radius 1 is 1.53 bits per heavy atom. The molecule has 1 heterocycles. The number of hydrogen-bond donors (Lipinski definition) is 1. The molecule has 0 bridgehead atoms. The first-order chi connectivity index (χ1) is 7.27. The molecule has 1 fully saturated rings. The molecule has 0 aromatic heterocycles. The lowest BCUT2D eigenvalue weighted by molar-refractivity contribution is 0.0176. The lowest BCUT2D eigenvalue weighted by atomic mass is 10.1. The fourth-order valence-corrected chi connectivity index (χ4v) is 2.18. The van der Waals surface area contributed by atoms with E-state index >= 15 is 0 Å². The van der Waals surface area contributed by atoms with Crippen LogP contribution in [-0.4, -0.2) is 50.3 Å². The minimum atomic E-state index is 0.451. The van der Waals surface area contributed by atoms with Crippen LogP contribution >= 0.6 is 0 Å². The van der Waals surface area contributed by atoms with Crippen molar-refractivity contribution < 1.29 is 4.74 Å². The Bertz CT molecular complexity index is 164. The largest absolute Gasteiger partial charge is 0.380 e. The van der Waals surface area contributed by atoms with Gasteiger partial charge in [-0.15, -0.1) is 0 Å². The summed E-state index contributed by atoms with van der Waals surface area (Å²) in [6.07, 6.45) is 4.17. The van der Waals surface area contributed by atoms with Crippen LogP contribution < -0.4 is 5.32 Å². The number of ether oxygens (including phenoxy) is 1. The van der Waals surface area contributed by atoms with Crippen molar-refractivity contribution in [2.75, 3.05) is 33.3 Å². The van der Waals surface area contributed by atoms with Crippen molar-refractivity contribution in [3.63, 3.8) is 0 Å². The van der Waals surface area contributed by atoms with Crippen molar-refractivity contribution in [1.82, 2.24) is 10.2 Å². The van der Waals surface area contributed by atoms with Crippen LogP contribution in [0, 0.1) is 0 Å². The molecule has 0 aliphatic carbocycles. The van der Waals surface area contributed by atoms with E-state index in [1.54, 1.807) is 0 Å². The van der Waals surface area contributed by atoms with Crippen LogP contribution in [-0.2, 0) is 4.74 Å². The molecule has 1 aliphatic heterocycles. The minimum absolute atomic E-state index is 0.451. The maximum absolute atomic E-state index is 5.44. The average Bonchev–Trinajstić information content (AvgIpc) is 2.29. The highest BCUT2D eigenvalue weighted by Crippen LogP contribution is 2.14. The molecule has 0 radical (unpaired) electrons. The van der Waals surface area contributed by atoms with Crippen molar-refractivity contribution in [2.45, 2.75) is 45.3 Å². The molecule has 3 nitrogen and oxygen atoms in total. The topological polar surface area (TPSA) is 24.5 Å². The molecule has 1 N–H and O–H groups in total. The van der Waals surface area contributed by atoms with Gasteiger partial charge in [-0.3, -0.25) is 4.90 Å². The number of likely N-dealkylation sites (tertiary alicyclic amines) is 1. The highest BCUT2D eigenvalue weighted by molar-refractivity contribution is 4.78. The first-order valence-electron chi connectivity index (χ1n) is 6.25. The highest BCUT2D eigenvalue weighted by atomic mass is 16.5. The number of nitrogens with zero attached hydrogens (tertiary/aromatic N) is 1. The predicted octanol–water partition coefficient (Wildman–Crippen LogP) is 1.49. The van der Waals surface area contributed by atoms with Gasteiger partial charge in [-0.25, -0.2) is 0 Å². The Hall–Kier alpha value is -0.120. The van der Waals surface area contributed by atoms with E-state index in [-0.39, 0.29) is 0 Å². The van der Waals surface area contributed by atoms with Crippen molar-refractivity contribution >= 4 is 0 Å². The van der Waals surface area contributed by atoms with Crippen LogP contribution in [0.25, 0.3) is 0 Å². The molecule has 2 unspecified atom stereocenters. The monoisotopic (exact) mass is 214 g/mol. The van der Waals surface area contributed by atoms with Crippen LogP contribution in [0.2, 0.25) is 0 Å². The van der Waals surface area contributed by atoms with Gasteiger partial charge in [0.15, 0.2) is 0 Å². The van der Waals surface area contributed by atoms with Crippen molar-refractivity contribution in [3.8, 4) is 0 Å². The third-order valence-corrected chi connectivity index (χ3v) is 3.23. The summed E-state index contributed by atoms with van der Waals surface area (Å²) in [6, 6.07) is 0.634. The second-order valence-corrected chi connectivity index (χ2v) is 4.55. The molecular weight excluding hydrogens is 188 g/mol. The van der Waals surface area contributed by atoms with Crippen LogP contribution in [0.3, 0.4) is 0 Å². The number of hydrogen-bond acceptors (Lipinski definition) is 3. The Morgan fingerprint density at radius 3 is 3.00 bits per heavy atom. The second kappa shape index (κ2) is 7.20. The van der Waals surface area contributed by atoms with Gasteiger partial charge in [0, 0.05) is 26.2 Å². The number of rotatable bonds is 6. The van der Waals surface area contributed by atoms with Gasteiger partial charge in [0.05, 0.1) is 6.10 Å². The summed E-state index contributed by atoms with van der Waals surface area (Å²) in [4.78, 5) is 2.54. The van der Waals surface area contributed by atoms with E-state index in [0.717, 1.165) is 19.6 Å². The molecular formula is C12H26N2O. The molecule has 0 saturated carbocycles. The first-order valence-corrected chi connectivity index (χ1v) is 6.25. The van der Waals surface area contributed by atoms with E-state index in [0.29, 0.717) is 12.1 Å². The number of methoxy groups -OCH3 is 1. The van der Waals surface area contributed by atoms with Crippen molar-refractivity contribution in [2.24, 2.45) is 0 Å². The lowest BCUT2D eigenvalue weighted by Crippen LogP contribution is -2.47. The normalized spacial score (nSPS) is 25.4. The smallest absolute Gasteiger partial charge is 0.0698 e. The zero-order chi connectivity index (χ0) is 11.1. The summed E-state index contributed by atoms with van der Waals surface area (Å²) in [7, 11) is 1.83. The predicted molar refractivity (Wildman–Crippen MR) is 64.2 cm³/mol. The maximum Gasteiger partial charge on any atom is 0.0698 e. The molecule has 15 heavy (non-hydrogen) atoms. The van der Waals surface area contributed by atoms with E-state index in [1.807, 2.05) is 7.11 Å². The van der Waals surface area contributed by atoms with Crippen LogP contribution in [0.15, 0.2) is 0 Å². The maximum atomic E-state index is 5.44. The Balaban J connectivity index is 2.22. The zero-order valence-electron chi connectivity index (χ0n) is 10.5. The van der Waals surface area contributed by atoms with Gasteiger partial charge < -0.3 is 10.1 Å². The van der Waals surface area contributed by atoms with Gasteiger partial charge in [-0.2, -0.15) is 0 Å². The molecule has 0 spiro atoms. The van der Waals surface area contributed by atoms with Crippen LogP contribution in [0.4, 0.5) is 0 Å². The summed E-state index contributed by atoms with van der Waals surface area (Å²) in [5.41, 5.74) is 0. The average molecular weight is 214 g/mol. The van der Waals surface area contributed by atoms with Crippen molar-refractivity contribution in [3.05, 3.63) is 0 Å². The summed E-state index contributed by atoms with van der Waals surface area (Å²) < 4.78 is 5.44. The van der Waals surface area contributed by atoms with Gasteiger partial charge >= 0.3 is 0 Å². The van der Waals surface area contributed by atoms with Gasteiger partial charge in [-0.1, -0.05) is 6.92 Å². The van der Waals surface area contributed by atoms with Gasteiger partial charge in [0.2, 0.25) is 0 Å². The molecule has 90 valence electrons. The van der Waals surface area contributed by atoms with E-state index in [9.17, 15) is 0 Å². The van der Waals surface area contributed by atoms with Gasteiger partial charge in [-0.05, 0) is 39.3 Å². The van der Waals surface area contributed by atoms with E-state index in [4.69, 9.17) is 4.74 Å². The minimum Gasteiger partial charge on any atom is -0.380 e. The molecule has 3 heteroatoms. The van der Waals surface area contributed by atoms with E-state index < -0.39 is 0 Å². The standard InChI is InChI=1S/C12H26N2O/c1-4-7-13-9-11(2)14-8-5-6-12(10-14)15-3/h11-13H,4-10H2,1-3H3. The fourth-order valence-electron chi connectivity index (χ4n) is 2.18. The Morgan fingerprint density at radius 2 is 2.33 bits per heavy atom. The molecule has 1 aliphatic rings. The van der Waals surface area contributed by atoms with E-state index in [2.05, 4.69) is 24.1 Å². The molecule has 0 aromatic rings. The molecule has 0 aromatic carbocycles. The lowest BCUT2D eigenvalue weighted by Gasteiger charge is -2.36. The highest BCUT2D eigenvalue weighted by Gasteiger charge is 2.22. The van der Waals surface area contributed by atoms with Gasteiger partial charge in [0.25, 0.3) is 0 Å². The quantitative estimate of drug-likeness (QED) is 0.678. The third-order valence-electron chi connectivity index (χ3n) is 3.23. The van der Waals surface area contributed by atoms with Gasteiger partial charge in [0.1, 0.15) is 0 Å². The number of piperidine rings is 1. The second-order valence-electron chi connectivity index (χ2n) is 4.55. The Labute approximate surface area is 94.2 Å². The Kier molecular flexibility index (Phi) is 6.22. The van der Waals surface area contributed by atoms with Crippen LogP contribution in [0.1, 0.15) is 33.1 Å². The van der Waals surface area contributed by atoms with Crippen molar-refractivity contribution in [1.29, 1.82) is 0 Å². The summed E-state index contributed by atoms with van der Waals surface area (Å²) in [5.74, 6) is 0. The van der Waals surface area contributed by atoms with Crippen LogP contribution in [0.5, 0.6) is 0 Å². The third kappa shape index (κ3) is 4.49. The number of nitrogens with one attached hydrogen (secondary N) is 1. The molecule has 1 saturated heterocycles. The first kappa shape index (κ1) is 12.9. The zero-order valence-corrected chi connectivity index (χ0v) is 10.5. The SMILES string of the molecule is CCCNCC(C)N1CCCC(OC)C1. The van der Waals surface area contributed by atoms with E-state index in [1.165, 1.54) is 25.8 Å². The fraction of sp³-hybridized carbons (Fsp3) is 1.00. The summed E-state index contributed by atoms with van der Waals surface area (Å²) >= 11 is 0. The molecule has 0 amide bonds. The summed E-state index contributed by atoms with van der Waals surface area (Å²) in [6.45, 7) is 9.08.